The molecule has 1 aromatic carbocycles. The summed E-state index contributed by atoms with van der Waals surface area (Å²) in [6.45, 7) is 2.12. The molecule has 7 nitrogen and oxygen atoms in total. The van der Waals surface area contributed by atoms with E-state index in [0.717, 1.165) is 12.2 Å². The number of carbonyl (C=O) groups excluding carboxylic acids is 2. The van der Waals surface area contributed by atoms with Crippen LogP contribution in [0.1, 0.15) is 41.7 Å². The first-order valence-electron chi connectivity index (χ1n) is 9.07. The van der Waals surface area contributed by atoms with Crippen LogP contribution in [0, 0.1) is 5.82 Å². The van der Waals surface area contributed by atoms with Crippen molar-refractivity contribution in [2.75, 3.05) is 13.6 Å². The van der Waals surface area contributed by atoms with E-state index in [1.54, 1.807) is 10.7 Å². The molecular weight excluding hydrogens is 385 g/mol. The van der Waals surface area contributed by atoms with Crippen molar-refractivity contribution in [1.29, 1.82) is 0 Å². The molecular formula is C19H25ClFN5O2. The maximum Gasteiger partial charge on any atom is 0.252 e. The second-order valence-electron chi connectivity index (χ2n) is 6.67. The second kappa shape index (κ2) is 10.2. The summed E-state index contributed by atoms with van der Waals surface area (Å²) in [5, 5.41) is 4.45. The summed E-state index contributed by atoms with van der Waals surface area (Å²) in [6, 6.07) is 4.26. The van der Waals surface area contributed by atoms with Crippen LogP contribution in [0.3, 0.4) is 0 Å². The minimum absolute atomic E-state index is 0.00832. The fourth-order valence-corrected chi connectivity index (χ4v) is 2.98. The summed E-state index contributed by atoms with van der Waals surface area (Å²) in [4.78, 5) is 22.5. The molecule has 0 atom stereocenters. The number of halogens is 2. The molecule has 2 aliphatic rings. The lowest BCUT2D eigenvalue weighted by atomic mass is 10.0. The van der Waals surface area contributed by atoms with Crippen molar-refractivity contribution in [3.8, 4) is 11.3 Å². The molecule has 1 fully saturated rings. The van der Waals surface area contributed by atoms with Gasteiger partial charge in [0.2, 0.25) is 6.41 Å². The fraction of sp³-hybridized carbons (Fsp3) is 0.421. The summed E-state index contributed by atoms with van der Waals surface area (Å²) >= 11 is 5.81. The minimum atomic E-state index is -0.540. The van der Waals surface area contributed by atoms with Gasteiger partial charge in [-0.2, -0.15) is 5.10 Å². The predicted octanol–water partition coefficient (Wildman–Crippen LogP) is 2.55. The summed E-state index contributed by atoms with van der Waals surface area (Å²) in [5.74, 6) is -1.05. The van der Waals surface area contributed by atoms with E-state index in [-0.39, 0.29) is 11.4 Å². The van der Waals surface area contributed by atoms with E-state index in [9.17, 15) is 9.18 Å². The number of hydrogen-bond acceptors (Lipinski definition) is 4. The Morgan fingerprint density at radius 3 is 2.36 bits per heavy atom. The van der Waals surface area contributed by atoms with E-state index < -0.39 is 11.7 Å². The van der Waals surface area contributed by atoms with Crippen molar-refractivity contribution in [3.05, 3.63) is 40.3 Å². The summed E-state index contributed by atoms with van der Waals surface area (Å²) in [6.07, 6.45) is 6.25. The number of carbonyl (C=O) groups is 2. The molecule has 1 aliphatic heterocycles. The highest BCUT2D eigenvalue weighted by Gasteiger charge is 2.26. The number of nitrogens with two attached hydrogens (primary N) is 2. The van der Waals surface area contributed by atoms with Crippen molar-refractivity contribution in [2.24, 2.45) is 11.5 Å². The van der Waals surface area contributed by atoms with Gasteiger partial charge in [0.05, 0.1) is 22.8 Å². The lowest BCUT2D eigenvalue weighted by Gasteiger charge is -2.23. The third-order valence-corrected chi connectivity index (χ3v) is 4.90. The van der Waals surface area contributed by atoms with E-state index in [4.69, 9.17) is 22.1 Å². The number of primary amides is 2. The van der Waals surface area contributed by atoms with E-state index in [1.165, 1.54) is 37.8 Å². The summed E-state index contributed by atoms with van der Waals surface area (Å²) in [7, 11) is 1.97. The monoisotopic (exact) mass is 409 g/mol. The van der Waals surface area contributed by atoms with Crippen LogP contribution < -0.4 is 11.5 Å². The Kier molecular flexibility index (Phi) is 7.95. The van der Waals surface area contributed by atoms with Crippen LogP contribution in [0.4, 0.5) is 4.39 Å². The van der Waals surface area contributed by atoms with Crippen LogP contribution in [0.2, 0.25) is 5.02 Å². The molecule has 0 unspecified atom stereocenters. The molecule has 28 heavy (non-hydrogen) atoms. The summed E-state index contributed by atoms with van der Waals surface area (Å²) in [5.41, 5.74) is 11.9. The van der Waals surface area contributed by atoms with Gasteiger partial charge in [-0.15, -0.1) is 0 Å². The number of nitrogens with zero attached hydrogens (tertiary/aromatic N) is 3. The lowest BCUT2D eigenvalue weighted by Crippen LogP contribution is -2.32. The molecule has 2 amide bonds. The molecule has 1 saturated carbocycles. The van der Waals surface area contributed by atoms with Gasteiger partial charge < -0.3 is 11.5 Å². The molecule has 2 heterocycles. The number of amides is 2. The Labute approximate surface area is 168 Å². The van der Waals surface area contributed by atoms with E-state index in [2.05, 4.69) is 15.7 Å². The highest BCUT2D eigenvalue weighted by Crippen LogP contribution is 2.30. The molecule has 4 N–H and O–H groups in total. The third-order valence-electron chi connectivity index (χ3n) is 4.61. The highest BCUT2D eigenvalue weighted by molar-refractivity contribution is 6.31. The smallest absolute Gasteiger partial charge is 0.252 e. The second-order valence-corrected chi connectivity index (χ2v) is 7.08. The van der Waals surface area contributed by atoms with Crippen molar-refractivity contribution < 1.29 is 14.0 Å². The number of fused-ring (bicyclic) bond motifs is 1. The average Bonchev–Trinajstić information content (AvgIpc) is 2.95. The van der Waals surface area contributed by atoms with E-state index in [0.29, 0.717) is 29.9 Å². The van der Waals surface area contributed by atoms with Gasteiger partial charge in [0.1, 0.15) is 11.5 Å². The van der Waals surface area contributed by atoms with Crippen LogP contribution in [-0.2, 0) is 17.9 Å². The fourth-order valence-electron chi connectivity index (χ4n) is 2.80. The topological polar surface area (TPSA) is 107 Å². The number of aromatic nitrogens is 2. The summed E-state index contributed by atoms with van der Waals surface area (Å²) < 4.78 is 15.1. The quantitative estimate of drug-likeness (QED) is 0.743. The zero-order valence-electron chi connectivity index (χ0n) is 15.8. The molecule has 152 valence electrons. The zero-order chi connectivity index (χ0) is 20.7. The molecule has 0 radical (unpaired) electrons. The molecule has 4 rings (SSSR count). The van der Waals surface area contributed by atoms with Crippen LogP contribution in [0.25, 0.3) is 11.3 Å². The first-order chi connectivity index (χ1) is 13.4. The van der Waals surface area contributed by atoms with Gasteiger partial charge in [-0.05, 0) is 25.2 Å². The average molecular weight is 410 g/mol. The maximum atomic E-state index is 13.3. The Bertz CT molecular complexity index is 832. The molecule has 0 saturated heterocycles. The van der Waals surface area contributed by atoms with Crippen LogP contribution in [0.5, 0.6) is 0 Å². The first-order valence-corrected chi connectivity index (χ1v) is 9.45. The van der Waals surface area contributed by atoms with Crippen molar-refractivity contribution in [3.63, 3.8) is 0 Å². The van der Waals surface area contributed by atoms with Gasteiger partial charge in [0, 0.05) is 18.7 Å². The standard InChI is InChI=1S/C14H14ClFN4O.C4H8.CH3NO/c1-19-4-5-20-11(7-19)12(14(17)21)13(18-20)8-2-3-10(16)9(15)6-8;1-2-4-3-1;2-1-3/h2-3,6H,4-5,7H2,1H3,(H2,17,21);1-4H2;1H,(H2,2,3). The molecule has 9 heteroatoms. The molecule has 2 aromatic rings. The SMILES string of the molecule is C1CCC1.CN1CCn2nc(-c3ccc(F)c(Cl)c3)c(C(N)=O)c2C1.NC=O. The Balaban J connectivity index is 0.000000341. The van der Waals surface area contributed by atoms with Crippen molar-refractivity contribution in [1.82, 2.24) is 14.7 Å². The third kappa shape index (κ3) is 5.30. The van der Waals surface area contributed by atoms with Gasteiger partial charge in [-0.25, -0.2) is 4.39 Å². The molecule has 0 spiro atoms. The number of rotatable bonds is 2. The first kappa shape index (κ1) is 21.8. The zero-order valence-corrected chi connectivity index (χ0v) is 16.6. The number of benzene rings is 1. The van der Waals surface area contributed by atoms with Gasteiger partial charge in [0.15, 0.2) is 0 Å². The van der Waals surface area contributed by atoms with Gasteiger partial charge in [0.25, 0.3) is 5.91 Å². The largest absolute Gasteiger partial charge is 0.372 e. The van der Waals surface area contributed by atoms with Crippen LogP contribution in [-0.4, -0.2) is 40.6 Å². The van der Waals surface area contributed by atoms with E-state index in [1.807, 2.05) is 7.05 Å². The highest BCUT2D eigenvalue weighted by atomic mass is 35.5. The van der Waals surface area contributed by atoms with Crippen molar-refractivity contribution >= 4 is 23.9 Å². The van der Waals surface area contributed by atoms with Gasteiger partial charge in [-0.3, -0.25) is 19.2 Å². The predicted molar refractivity (Wildman–Crippen MR) is 106 cm³/mol. The Morgan fingerprint density at radius 1 is 1.25 bits per heavy atom. The Hall–Kier alpha value is -2.45. The van der Waals surface area contributed by atoms with Crippen LogP contribution >= 0.6 is 11.6 Å². The molecule has 1 aliphatic carbocycles. The van der Waals surface area contributed by atoms with Crippen molar-refractivity contribution in [2.45, 2.75) is 38.8 Å². The Morgan fingerprint density at radius 2 is 1.86 bits per heavy atom. The lowest BCUT2D eigenvalue weighted by molar-refractivity contribution is -0.106. The molecule has 0 bridgehead atoms. The van der Waals surface area contributed by atoms with E-state index >= 15 is 0 Å². The number of hydrogen-bond donors (Lipinski definition) is 2. The van der Waals surface area contributed by atoms with Gasteiger partial charge >= 0.3 is 0 Å². The van der Waals surface area contributed by atoms with Crippen LogP contribution in [0.15, 0.2) is 18.2 Å². The maximum absolute atomic E-state index is 13.3. The molecule has 1 aromatic heterocycles. The van der Waals surface area contributed by atoms with Gasteiger partial charge in [-0.1, -0.05) is 37.3 Å². The number of likely N-dealkylation sites (N-methyl/N-ethyl adjacent to an activating group) is 1. The minimum Gasteiger partial charge on any atom is -0.372 e. The normalized spacial score (nSPS) is 15.1.